The Morgan fingerprint density at radius 1 is 1.17 bits per heavy atom. The van der Waals surface area contributed by atoms with Crippen molar-refractivity contribution in [1.29, 1.82) is 0 Å². The van der Waals surface area contributed by atoms with Gasteiger partial charge in [-0.05, 0) is 6.92 Å². The van der Waals surface area contributed by atoms with Gasteiger partial charge in [-0.25, -0.2) is 0 Å². The van der Waals surface area contributed by atoms with Crippen molar-refractivity contribution in [3.05, 3.63) is 12.2 Å². The summed E-state index contributed by atoms with van der Waals surface area (Å²) in [5, 5.41) is 10.2. The van der Waals surface area contributed by atoms with Crippen LogP contribution in [-0.4, -0.2) is 22.9 Å². The molecule has 1 unspecified atom stereocenters. The highest BCUT2D eigenvalue weighted by Crippen LogP contribution is 2.42. The predicted octanol–water partition coefficient (Wildman–Crippen LogP) is 1.35. The molecule has 1 fully saturated rings. The maximum Gasteiger partial charge on any atom is 0.0817 e. The van der Waals surface area contributed by atoms with Gasteiger partial charge in [-0.3, -0.25) is 0 Å². The second-order valence-corrected chi connectivity index (χ2v) is 4.25. The van der Waals surface area contributed by atoms with Crippen molar-refractivity contribution in [2.24, 2.45) is 11.8 Å². The van der Waals surface area contributed by atoms with E-state index in [0.717, 1.165) is 0 Å². The van der Waals surface area contributed by atoms with Crippen LogP contribution < -0.4 is 0 Å². The summed E-state index contributed by atoms with van der Waals surface area (Å²) in [7, 11) is 0. The van der Waals surface area contributed by atoms with E-state index in [1.807, 2.05) is 20.8 Å². The molecule has 0 radical (unpaired) electrons. The highest BCUT2D eigenvalue weighted by molar-refractivity contribution is 5.14. The molecule has 0 aromatic carbocycles. The van der Waals surface area contributed by atoms with E-state index in [-0.39, 0.29) is 24.0 Å². The SMILES string of the molecule is C[C@@H]1[C@@H]2C=CC(O2)[C@H](C)[C@]1(C)O. The number of aliphatic hydroxyl groups is 1. The Balaban J connectivity index is 2.31. The van der Waals surface area contributed by atoms with E-state index in [9.17, 15) is 5.11 Å². The second-order valence-electron chi connectivity index (χ2n) is 4.25. The van der Waals surface area contributed by atoms with Gasteiger partial charge in [0.2, 0.25) is 0 Å². The molecule has 0 saturated carbocycles. The molecule has 12 heavy (non-hydrogen) atoms. The molecule has 2 bridgehead atoms. The van der Waals surface area contributed by atoms with E-state index in [0.29, 0.717) is 0 Å². The Labute approximate surface area is 73.2 Å². The summed E-state index contributed by atoms with van der Waals surface area (Å²) in [5.74, 6) is 0.394. The molecule has 2 nitrogen and oxygen atoms in total. The van der Waals surface area contributed by atoms with Crippen LogP contribution >= 0.6 is 0 Å². The molecule has 0 aromatic rings. The lowest BCUT2D eigenvalue weighted by atomic mass is 9.75. The summed E-state index contributed by atoms with van der Waals surface area (Å²) in [4.78, 5) is 0. The summed E-state index contributed by atoms with van der Waals surface area (Å²) in [5.41, 5.74) is -0.586. The Hall–Kier alpha value is -0.340. The van der Waals surface area contributed by atoms with Gasteiger partial charge in [-0.2, -0.15) is 0 Å². The molecular formula is C10H16O2. The van der Waals surface area contributed by atoms with Crippen LogP contribution in [0.25, 0.3) is 0 Å². The van der Waals surface area contributed by atoms with Crippen molar-refractivity contribution in [2.45, 2.75) is 38.6 Å². The van der Waals surface area contributed by atoms with Crippen LogP contribution in [0.4, 0.5) is 0 Å². The molecule has 1 N–H and O–H groups in total. The van der Waals surface area contributed by atoms with Gasteiger partial charge in [0.1, 0.15) is 0 Å². The van der Waals surface area contributed by atoms with Gasteiger partial charge >= 0.3 is 0 Å². The van der Waals surface area contributed by atoms with Gasteiger partial charge in [0.25, 0.3) is 0 Å². The molecule has 2 aliphatic heterocycles. The fourth-order valence-corrected chi connectivity index (χ4v) is 2.14. The average molecular weight is 168 g/mol. The zero-order valence-corrected chi connectivity index (χ0v) is 7.82. The first-order chi connectivity index (χ1) is 5.53. The number of rotatable bonds is 0. The van der Waals surface area contributed by atoms with Gasteiger partial charge in [0, 0.05) is 11.8 Å². The Morgan fingerprint density at radius 3 is 2.00 bits per heavy atom. The fraction of sp³-hybridized carbons (Fsp3) is 0.800. The van der Waals surface area contributed by atoms with Crippen molar-refractivity contribution in [3.8, 4) is 0 Å². The van der Waals surface area contributed by atoms with Crippen molar-refractivity contribution in [3.63, 3.8) is 0 Å². The standard InChI is InChI=1S/C10H16O2/c1-6-8-4-5-9(12-8)7(2)10(6,3)11/h4-9,11H,1-3H3/t6-,7+,8+,9?,10-/m1/s1. The molecule has 0 spiro atoms. The van der Waals surface area contributed by atoms with Crippen LogP contribution in [0.3, 0.4) is 0 Å². The zero-order valence-electron chi connectivity index (χ0n) is 7.82. The first-order valence-electron chi connectivity index (χ1n) is 4.59. The summed E-state index contributed by atoms with van der Waals surface area (Å²) < 4.78 is 5.69. The number of ether oxygens (including phenoxy) is 1. The van der Waals surface area contributed by atoms with Crippen molar-refractivity contribution < 1.29 is 9.84 Å². The Morgan fingerprint density at radius 2 is 1.58 bits per heavy atom. The van der Waals surface area contributed by atoms with E-state index >= 15 is 0 Å². The quantitative estimate of drug-likeness (QED) is 0.553. The number of hydrogen-bond acceptors (Lipinski definition) is 2. The maximum atomic E-state index is 10.2. The lowest BCUT2D eigenvalue weighted by Gasteiger charge is -2.44. The maximum absolute atomic E-state index is 10.2. The minimum atomic E-state index is -0.586. The van der Waals surface area contributed by atoms with Gasteiger partial charge in [-0.15, -0.1) is 0 Å². The molecule has 0 aromatic heterocycles. The van der Waals surface area contributed by atoms with Crippen molar-refractivity contribution >= 4 is 0 Å². The highest BCUT2D eigenvalue weighted by Gasteiger charge is 2.49. The summed E-state index contributed by atoms with van der Waals surface area (Å²) >= 11 is 0. The molecule has 2 aliphatic rings. The third-order valence-corrected chi connectivity index (χ3v) is 3.63. The minimum Gasteiger partial charge on any atom is -0.389 e. The number of hydrogen-bond donors (Lipinski definition) is 1. The van der Waals surface area contributed by atoms with Crippen molar-refractivity contribution in [1.82, 2.24) is 0 Å². The second kappa shape index (κ2) is 2.33. The third-order valence-electron chi connectivity index (χ3n) is 3.63. The monoisotopic (exact) mass is 168 g/mol. The van der Waals surface area contributed by atoms with E-state index in [2.05, 4.69) is 12.2 Å². The van der Waals surface area contributed by atoms with Crippen LogP contribution in [0.15, 0.2) is 12.2 Å². The molecule has 68 valence electrons. The van der Waals surface area contributed by atoms with Gasteiger partial charge in [0.15, 0.2) is 0 Å². The topological polar surface area (TPSA) is 29.5 Å². The third kappa shape index (κ3) is 0.882. The van der Waals surface area contributed by atoms with Crippen molar-refractivity contribution in [2.75, 3.05) is 0 Å². The predicted molar refractivity (Wildman–Crippen MR) is 46.8 cm³/mol. The molecule has 1 saturated heterocycles. The van der Waals surface area contributed by atoms with E-state index in [1.165, 1.54) is 0 Å². The highest BCUT2D eigenvalue weighted by atomic mass is 16.5. The van der Waals surface area contributed by atoms with Crippen LogP contribution in [0.5, 0.6) is 0 Å². The number of fused-ring (bicyclic) bond motifs is 2. The molecule has 5 atom stereocenters. The fourth-order valence-electron chi connectivity index (χ4n) is 2.14. The molecule has 0 aliphatic carbocycles. The van der Waals surface area contributed by atoms with Crippen LogP contribution in [0, 0.1) is 11.8 Å². The largest absolute Gasteiger partial charge is 0.389 e. The molecule has 2 heterocycles. The lowest BCUT2D eigenvalue weighted by molar-refractivity contribution is -0.171. The van der Waals surface area contributed by atoms with Gasteiger partial charge < -0.3 is 9.84 Å². The lowest BCUT2D eigenvalue weighted by Crippen LogP contribution is -2.53. The zero-order chi connectivity index (χ0) is 8.93. The summed E-state index contributed by atoms with van der Waals surface area (Å²) in [6.45, 7) is 6.01. The van der Waals surface area contributed by atoms with E-state index in [1.54, 1.807) is 0 Å². The normalized spacial score (nSPS) is 57.7. The molecule has 2 heteroatoms. The average Bonchev–Trinajstić information content (AvgIpc) is 2.45. The van der Waals surface area contributed by atoms with Crippen LogP contribution in [0.1, 0.15) is 20.8 Å². The minimum absolute atomic E-state index is 0.126. The summed E-state index contributed by atoms with van der Waals surface area (Å²) in [6.07, 6.45) is 4.41. The first-order valence-corrected chi connectivity index (χ1v) is 4.59. The van der Waals surface area contributed by atoms with E-state index in [4.69, 9.17) is 4.74 Å². The first kappa shape index (κ1) is 8.27. The Bertz CT molecular complexity index is 200. The smallest absolute Gasteiger partial charge is 0.0817 e. The Kier molecular flexibility index (Phi) is 1.61. The van der Waals surface area contributed by atoms with Crippen LogP contribution in [-0.2, 0) is 4.74 Å². The van der Waals surface area contributed by atoms with Gasteiger partial charge in [0.05, 0.1) is 17.8 Å². The molecule has 2 rings (SSSR count). The molecular weight excluding hydrogens is 152 g/mol. The van der Waals surface area contributed by atoms with Gasteiger partial charge in [-0.1, -0.05) is 26.0 Å². The summed E-state index contributed by atoms with van der Waals surface area (Å²) in [6, 6.07) is 0. The van der Waals surface area contributed by atoms with Crippen LogP contribution in [0.2, 0.25) is 0 Å². The van der Waals surface area contributed by atoms with E-state index < -0.39 is 5.60 Å². The molecule has 0 amide bonds.